The van der Waals surface area contributed by atoms with Gasteiger partial charge in [0, 0.05) is 25.2 Å². The van der Waals surface area contributed by atoms with Gasteiger partial charge in [0.1, 0.15) is 22.3 Å². The van der Waals surface area contributed by atoms with Gasteiger partial charge in [0.25, 0.3) is 0 Å². The van der Waals surface area contributed by atoms with E-state index in [-0.39, 0.29) is 27.2 Å². The van der Waals surface area contributed by atoms with Crippen molar-refractivity contribution >= 4 is 38.1 Å². The summed E-state index contributed by atoms with van der Waals surface area (Å²) >= 11 is 0.983. The third-order valence-electron chi connectivity index (χ3n) is 5.20. The molecule has 1 aliphatic rings. The number of nitrogens with zero attached hydrogens (tertiary/aromatic N) is 2. The summed E-state index contributed by atoms with van der Waals surface area (Å²) in [5.74, 6) is -2.46. The van der Waals surface area contributed by atoms with Crippen molar-refractivity contribution in [2.24, 2.45) is 0 Å². The molecule has 1 saturated heterocycles. The summed E-state index contributed by atoms with van der Waals surface area (Å²) in [5, 5.41) is 3.57. The Morgan fingerprint density at radius 1 is 1.12 bits per heavy atom. The van der Waals surface area contributed by atoms with Gasteiger partial charge in [0.15, 0.2) is 5.13 Å². The van der Waals surface area contributed by atoms with E-state index in [4.69, 9.17) is 5.73 Å². The van der Waals surface area contributed by atoms with Crippen LogP contribution in [0.25, 0.3) is 0 Å². The monoisotopic (exact) mass is 478 g/mol. The molecule has 1 fully saturated rings. The minimum Gasteiger partial charge on any atom is -0.382 e. The van der Waals surface area contributed by atoms with Crippen molar-refractivity contribution in [3.8, 4) is 0 Å². The van der Waals surface area contributed by atoms with Crippen LogP contribution in [-0.4, -0.2) is 42.6 Å². The molecule has 168 valence electrons. The normalized spacial score (nSPS) is 15.6. The summed E-state index contributed by atoms with van der Waals surface area (Å²) in [7, 11) is -3.54. The molecule has 32 heavy (non-hydrogen) atoms. The molecule has 0 bridgehead atoms. The lowest BCUT2D eigenvalue weighted by Crippen LogP contribution is -2.42. The number of carbonyl (C=O) groups excluding carboxylic acids is 1. The predicted octanol–water partition coefficient (Wildman–Crippen LogP) is 3.50. The third-order valence-corrected chi connectivity index (χ3v) is 8.11. The van der Waals surface area contributed by atoms with Crippen LogP contribution < -0.4 is 11.1 Å². The maximum atomic E-state index is 14.0. The van der Waals surface area contributed by atoms with E-state index in [9.17, 15) is 22.0 Å². The van der Waals surface area contributed by atoms with Crippen molar-refractivity contribution in [3.05, 3.63) is 70.6 Å². The highest BCUT2D eigenvalue weighted by Crippen LogP contribution is 2.30. The van der Waals surface area contributed by atoms with Crippen LogP contribution in [0.15, 0.2) is 53.4 Å². The summed E-state index contributed by atoms with van der Waals surface area (Å²) in [5.41, 5.74) is 5.58. The largest absolute Gasteiger partial charge is 0.382 e. The van der Waals surface area contributed by atoms with Gasteiger partial charge >= 0.3 is 0 Å². The zero-order valence-corrected chi connectivity index (χ0v) is 18.4. The average Bonchev–Trinajstić information content (AvgIpc) is 3.14. The Morgan fingerprint density at radius 2 is 1.81 bits per heavy atom. The van der Waals surface area contributed by atoms with Gasteiger partial charge in [0.05, 0.1) is 10.5 Å². The van der Waals surface area contributed by atoms with Crippen LogP contribution in [0.2, 0.25) is 0 Å². The molecule has 0 spiro atoms. The molecule has 0 unspecified atom stereocenters. The van der Waals surface area contributed by atoms with Crippen molar-refractivity contribution in [1.82, 2.24) is 9.29 Å². The molecule has 11 heteroatoms. The number of rotatable bonds is 6. The Kier molecular flexibility index (Phi) is 6.22. The van der Waals surface area contributed by atoms with Crippen molar-refractivity contribution in [3.63, 3.8) is 0 Å². The number of halogens is 2. The summed E-state index contributed by atoms with van der Waals surface area (Å²) < 4.78 is 54.0. The van der Waals surface area contributed by atoms with E-state index in [1.807, 2.05) is 0 Å². The smallest absolute Gasteiger partial charge is 0.243 e. The van der Waals surface area contributed by atoms with E-state index >= 15 is 0 Å². The number of nitrogens with one attached hydrogen (secondary N) is 1. The molecule has 7 nitrogen and oxygen atoms in total. The summed E-state index contributed by atoms with van der Waals surface area (Å²) in [4.78, 5) is 17.1. The molecule has 0 saturated carbocycles. The minimum atomic E-state index is -3.54. The fraction of sp³-hybridized carbons (Fsp3) is 0.238. The molecule has 0 atom stereocenters. The standard InChI is InChI=1S/C21H20F2N4O3S2/c22-13-6-7-16(17(23)12-13)18(28)19-20(24)26-21(31-19)25-14-8-10-27(11-9-14)32(29,30)15-4-2-1-3-5-15/h1-7,12,14H,8-11,24H2,(H,25,26). The van der Waals surface area contributed by atoms with E-state index < -0.39 is 27.4 Å². The van der Waals surface area contributed by atoms with Gasteiger partial charge in [-0.15, -0.1) is 0 Å². The molecule has 3 aromatic rings. The lowest BCUT2D eigenvalue weighted by Gasteiger charge is -2.31. The molecular weight excluding hydrogens is 458 g/mol. The van der Waals surface area contributed by atoms with Gasteiger partial charge in [-0.1, -0.05) is 29.5 Å². The van der Waals surface area contributed by atoms with Crippen LogP contribution in [0, 0.1) is 11.6 Å². The van der Waals surface area contributed by atoms with Gasteiger partial charge in [0.2, 0.25) is 15.8 Å². The third kappa shape index (κ3) is 4.50. The number of thiazole rings is 1. The van der Waals surface area contributed by atoms with Crippen LogP contribution in [0.5, 0.6) is 0 Å². The second kappa shape index (κ2) is 8.93. The van der Waals surface area contributed by atoms with Crippen LogP contribution in [0.4, 0.5) is 19.7 Å². The number of sulfonamides is 1. The summed E-state index contributed by atoms with van der Waals surface area (Å²) in [6.07, 6.45) is 1.09. The highest BCUT2D eigenvalue weighted by Gasteiger charge is 2.30. The lowest BCUT2D eigenvalue weighted by molar-refractivity contribution is 0.103. The quantitative estimate of drug-likeness (QED) is 0.526. The van der Waals surface area contributed by atoms with E-state index in [2.05, 4.69) is 10.3 Å². The van der Waals surface area contributed by atoms with Crippen molar-refractivity contribution in [2.45, 2.75) is 23.8 Å². The van der Waals surface area contributed by atoms with Crippen LogP contribution in [0.1, 0.15) is 28.1 Å². The first-order chi connectivity index (χ1) is 15.3. The first-order valence-corrected chi connectivity index (χ1v) is 12.1. The number of ketones is 1. The lowest BCUT2D eigenvalue weighted by atomic mass is 10.1. The molecule has 2 heterocycles. The van der Waals surface area contributed by atoms with Crippen LogP contribution in [0.3, 0.4) is 0 Å². The zero-order valence-electron chi connectivity index (χ0n) is 16.8. The predicted molar refractivity (Wildman–Crippen MR) is 118 cm³/mol. The van der Waals surface area contributed by atoms with Crippen LogP contribution >= 0.6 is 11.3 Å². The Labute approximate surface area is 187 Å². The summed E-state index contributed by atoms with van der Waals surface area (Å²) in [6.45, 7) is 0.671. The number of benzene rings is 2. The molecule has 1 aliphatic heterocycles. The number of carbonyl (C=O) groups is 1. The number of piperidine rings is 1. The van der Waals surface area contributed by atoms with Crippen molar-refractivity contribution in [2.75, 3.05) is 24.1 Å². The highest BCUT2D eigenvalue weighted by molar-refractivity contribution is 7.89. The number of hydrogen-bond acceptors (Lipinski definition) is 7. The van der Waals surface area contributed by atoms with Gasteiger partial charge in [-0.2, -0.15) is 4.31 Å². The fourth-order valence-corrected chi connectivity index (χ4v) is 5.92. The van der Waals surface area contributed by atoms with Gasteiger partial charge in [-0.05, 0) is 37.1 Å². The number of hydrogen-bond donors (Lipinski definition) is 2. The van der Waals surface area contributed by atoms with E-state index in [1.165, 1.54) is 4.31 Å². The van der Waals surface area contributed by atoms with Gasteiger partial charge in [-0.25, -0.2) is 22.2 Å². The minimum absolute atomic E-state index is 0.0460. The fourth-order valence-electron chi connectivity index (χ4n) is 3.51. The highest BCUT2D eigenvalue weighted by atomic mass is 32.2. The molecule has 1 aromatic heterocycles. The molecular formula is C21H20F2N4O3S2. The molecule has 0 amide bonds. The maximum absolute atomic E-state index is 14.0. The average molecular weight is 479 g/mol. The first kappa shape index (κ1) is 22.3. The topological polar surface area (TPSA) is 105 Å². The molecule has 4 rings (SSSR count). The molecule has 0 aliphatic carbocycles. The zero-order chi connectivity index (χ0) is 22.9. The first-order valence-electron chi connectivity index (χ1n) is 9.83. The van der Waals surface area contributed by atoms with Crippen molar-refractivity contribution in [1.29, 1.82) is 0 Å². The molecule has 3 N–H and O–H groups in total. The number of aromatic nitrogens is 1. The maximum Gasteiger partial charge on any atom is 0.243 e. The second-order valence-electron chi connectivity index (χ2n) is 7.32. The SMILES string of the molecule is Nc1nc(NC2CCN(S(=O)(=O)c3ccccc3)CC2)sc1C(=O)c1ccc(F)cc1F. The van der Waals surface area contributed by atoms with E-state index in [0.717, 1.165) is 23.5 Å². The molecule has 2 aromatic carbocycles. The van der Waals surface area contributed by atoms with E-state index in [1.54, 1.807) is 30.3 Å². The Bertz CT molecular complexity index is 1240. The number of anilines is 2. The van der Waals surface area contributed by atoms with Crippen molar-refractivity contribution < 1.29 is 22.0 Å². The van der Waals surface area contributed by atoms with Gasteiger partial charge < -0.3 is 11.1 Å². The molecule has 0 radical (unpaired) electrons. The number of nitrogen functional groups attached to an aromatic ring is 1. The number of nitrogens with two attached hydrogens (primary N) is 1. The Hall–Kier alpha value is -2.89. The Balaban J connectivity index is 1.42. The van der Waals surface area contributed by atoms with E-state index in [0.29, 0.717) is 37.1 Å². The Morgan fingerprint density at radius 3 is 2.47 bits per heavy atom. The summed E-state index contributed by atoms with van der Waals surface area (Å²) in [6, 6.07) is 10.9. The second-order valence-corrected chi connectivity index (χ2v) is 10.3. The van der Waals surface area contributed by atoms with Gasteiger partial charge in [-0.3, -0.25) is 4.79 Å². The van der Waals surface area contributed by atoms with Crippen LogP contribution in [-0.2, 0) is 10.0 Å².